The fourth-order valence-electron chi connectivity index (χ4n) is 2.13. The molecule has 2 aromatic rings. The summed E-state index contributed by atoms with van der Waals surface area (Å²) in [5, 5.41) is 6.32. The van der Waals surface area contributed by atoms with Gasteiger partial charge in [0.1, 0.15) is 11.9 Å². The topological polar surface area (TPSA) is 41.1 Å². The molecular formula is C14H9Cl2FN2O. The van der Waals surface area contributed by atoms with Gasteiger partial charge in [0.05, 0.1) is 5.02 Å². The first-order valence-electron chi connectivity index (χ1n) is 5.86. The fraction of sp³-hybridized carbons (Fsp3) is 0.0714. The van der Waals surface area contributed by atoms with Crippen LogP contribution < -0.4 is 10.6 Å². The Hall–Kier alpha value is -1.78. The van der Waals surface area contributed by atoms with Crippen molar-refractivity contribution in [3.8, 4) is 0 Å². The second-order valence-electron chi connectivity index (χ2n) is 4.43. The molecule has 0 aliphatic carbocycles. The monoisotopic (exact) mass is 310 g/mol. The van der Waals surface area contributed by atoms with E-state index in [2.05, 4.69) is 10.6 Å². The lowest BCUT2D eigenvalue weighted by molar-refractivity contribution is -0.116. The molecule has 3 rings (SSSR count). The minimum Gasteiger partial charge on any atom is -0.370 e. The molecule has 0 fully saturated rings. The second kappa shape index (κ2) is 4.96. The number of fused-ring (bicyclic) bond motifs is 1. The maximum absolute atomic E-state index is 13.1. The van der Waals surface area contributed by atoms with Crippen LogP contribution in [0.25, 0.3) is 0 Å². The number of carbonyl (C=O) groups is 1. The first kappa shape index (κ1) is 13.2. The zero-order valence-electron chi connectivity index (χ0n) is 10.1. The molecule has 1 aliphatic heterocycles. The van der Waals surface area contributed by atoms with E-state index in [1.165, 1.54) is 18.2 Å². The summed E-state index contributed by atoms with van der Waals surface area (Å²) >= 11 is 11.7. The molecule has 1 unspecified atom stereocenters. The Bertz CT molecular complexity index is 706. The van der Waals surface area contributed by atoms with Crippen molar-refractivity contribution < 1.29 is 9.18 Å². The molecule has 6 heteroatoms. The fourth-order valence-corrected chi connectivity index (χ4v) is 2.49. The number of hydrogen-bond donors (Lipinski definition) is 2. The summed E-state index contributed by atoms with van der Waals surface area (Å²) in [6.07, 6.45) is 0. The SMILES string of the molecule is O=C1Nc2ccc(Cl)cc2C1Nc1ccc(F)c(Cl)c1. The number of rotatable bonds is 2. The van der Waals surface area contributed by atoms with Gasteiger partial charge in [-0.1, -0.05) is 23.2 Å². The first-order chi connectivity index (χ1) is 9.54. The third kappa shape index (κ3) is 2.32. The number of hydrogen-bond acceptors (Lipinski definition) is 2. The van der Waals surface area contributed by atoms with Crippen molar-refractivity contribution in [1.29, 1.82) is 0 Å². The van der Waals surface area contributed by atoms with E-state index < -0.39 is 11.9 Å². The molecule has 1 atom stereocenters. The summed E-state index contributed by atoms with van der Waals surface area (Å²) in [5.41, 5.74) is 2.03. The number of amides is 1. The van der Waals surface area contributed by atoms with E-state index in [0.717, 1.165) is 5.56 Å². The Morgan fingerprint density at radius 3 is 2.70 bits per heavy atom. The van der Waals surface area contributed by atoms with E-state index in [4.69, 9.17) is 23.2 Å². The lowest BCUT2D eigenvalue weighted by atomic mass is 10.1. The molecule has 1 heterocycles. The van der Waals surface area contributed by atoms with E-state index >= 15 is 0 Å². The smallest absolute Gasteiger partial charge is 0.251 e. The van der Waals surface area contributed by atoms with Crippen LogP contribution in [0.1, 0.15) is 11.6 Å². The van der Waals surface area contributed by atoms with Crippen molar-refractivity contribution in [3.05, 3.63) is 57.8 Å². The summed E-state index contributed by atoms with van der Waals surface area (Å²) in [5.74, 6) is -0.695. The minimum atomic E-state index is -0.578. The maximum atomic E-state index is 13.1. The highest BCUT2D eigenvalue weighted by Gasteiger charge is 2.30. The van der Waals surface area contributed by atoms with Crippen LogP contribution in [-0.2, 0) is 4.79 Å². The molecule has 2 aromatic carbocycles. The highest BCUT2D eigenvalue weighted by Crippen LogP contribution is 2.35. The van der Waals surface area contributed by atoms with E-state index in [-0.39, 0.29) is 10.9 Å². The van der Waals surface area contributed by atoms with Crippen LogP contribution in [0.5, 0.6) is 0 Å². The lowest BCUT2D eigenvalue weighted by Gasteiger charge is -2.13. The Labute approximate surface area is 124 Å². The third-order valence-corrected chi connectivity index (χ3v) is 3.60. The number of carbonyl (C=O) groups excluding carboxylic acids is 1. The van der Waals surface area contributed by atoms with Gasteiger partial charge in [0.25, 0.3) is 5.91 Å². The molecule has 0 bridgehead atoms. The van der Waals surface area contributed by atoms with Gasteiger partial charge >= 0.3 is 0 Å². The van der Waals surface area contributed by atoms with E-state index in [9.17, 15) is 9.18 Å². The molecule has 0 spiro atoms. The van der Waals surface area contributed by atoms with Crippen LogP contribution in [0.2, 0.25) is 10.0 Å². The number of halogens is 3. The van der Waals surface area contributed by atoms with Gasteiger partial charge < -0.3 is 10.6 Å². The van der Waals surface area contributed by atoms with Crippen LogP contribution in [-0.4, -0.2) is 5.91 Å². The Morgan fingerprint density at radius 1 is 1.15 bits per heavy atom. The second-order valence-corrected chi connectivity index (χ2v) is 5.27. The molecule has 0 radical (unpaired) electrons. The predicted molar refractivity (Wildman–Crippen MR) is 77.9 cm³/mol. The van der Waals surface area contributed by atoms with Gasteiger partial charge in [-0.15, -0.1) is 0 Å². The van der Waals surface area contributed by atoms with Gasteiger partial charge in [0, 0.05) is 22.0 Å². The summed E-state index contributed by atoms with van der Waals surface area (Å²) in [6.45, 7) is 0. The summed E-state index contributed by atoms with van der Waals surface area (Å²) in [6, 6.07) is 8.80. The molecule has 3 nitrogen and oxygen atoms in total. The predicted octanol–water partition coefficient (Wildman–Crippen LogP) is 4.24. The van der Waals surface area contributed by atoms with Crippen LogP contribution in [0.15, 0.2) is 36.4 Å². The summed E-state index contributed by atoms with van der Waals surface area (Å²) in [4.78, 5) is 12.0. The molecular weight excluding hydrogens is 302 g/mol. The molecule has 1 amide bonds. The summed E-state index contributed by atoms with van der Waals surface area (Å²) in [7, 11) is 0. The zero-order chi connectivity index (χ0) is 14.3. The van der Waals surface area contributed by atoms with Crippen LogP contribution >= 0.6 is 23.2 Å². The molecule has 0 saturated carbocycles. The van der Waals surface area contributed by atoms with Crippen molar-refractivity contribution in [2.75, 3.05) is 10.6 Å². The van der Waals surface area contributed by atoms with Gasteiger partial charge in [-0.3, -0.25) is 4.79 Å². The number of benzene rings is 2. The maximum Gasteiger partial charge on any atom is 0.251 e. The Balaban J connectivity index is 1.93. The normalized spacial score (nSPS) is 16.8. The lowest BCUT2D eigenvalue weighted by Crippen LogP contribution is -2.19. The molecule has 20 heavy (non-hydrogen) atoms. The van der Waals surface area contributed by atoms with Crippen molar-refractivity contribution in [2.45, 2.75) is 6.04 Å². The van der Waals surface area contributed by atoms with Crippen molar-refractivity contribution >= 4 is 40.5 Å². The van der Waals surface area contributed by atoms with Gasteiger partial charge in [0.15, 0.2) is 0 Å². The molecule has 102 valence electrons. The summed E-state index contributed by atoms with van der Waals surface area (Å²) < 4.78 is 13.1. The van der Waals surface area contributed by atoms with Crippen LogP contribution in [0.3, 0.4) is 0 Å². The Kier molecular flexibility index (Phi) is 3.28. The van der Waals surface area contributed by atoms with Crippen molar-refractivity contribution in [1.82, 2.24) is 0 Å². The van der Waals surface area contributed by atoms with Crippen LogP contribution in [0.4, 0.5) is 15.8 Å². The van der Waals surface area contributed by atoms with Crippen molar-refractivity contribution in [3.63, 3.8) is 0 Å². The number of anilines is 2. The molecule has 0 aromatic heterocycles. The molecule has 0 saturated heterocycles. The largest absolute Gasteiger partial charge is 0.370 e. The van der Waals surface area contributed by atoms with Gasteiger partial charge in [-0.2, -0.15) is 0 Å². The molecule has 2 N–H and O–H groups in total. The number of nitrogens with one attached hydrogen (secondary N) is 2. The first-order valence-corrected chi connectivity index (χ1v) is 6.62. The third-order valence-electron chi connectivity index (χ3n) is 3.08. The van der Waals surface area contributed by atoms with Crippen LogP contribution in [0, 0.1) is 5.82 Å². The van der Waals surface area contributed by atoms with Crippen molar-refractivity contribution in [2.24, 2.45) is 0 Å². The Morgan fingerprint density at radius 2 is 1.95 bits per heavy atom. The van der Waals surface area contributed by atoms with Gasteiger partial charge in [-0.25, -0.2) is 4.39 Å². The quantitative estimate of drug-likeness (QED) is 0.871. The molecule has 1 aliphatic rings. The average Bonchev–Trinajstić information content (AvgIpc) is 2.70. The van der Waals surface area contributed by atoms with E-state index in [0.29, 0.717) is 16.4 Å². The zero-order valence-corrected chi connectivity index (χ0v) is 11.6. The highest BCUT2D eigenvalue weighted by atomic mass is 35.5. The standard InChI is InChI=1S/C14H9Cl2FN2O/c15-7-1-4-12-9(5-7)13(14(20)19-12)18-8-2-3-11(17)10(16)6-8/h1-6,13,18H,(H,19,20). The average molecular weight is 311 g/mol. The van der Waals surface area contributed by atoms with Gasteiger partial charge in [-0.05, 0) is 36.4 Å². The van der Waals surface area contributed by atoms with E-state index in [1.54, 1.807) is 18.2 Å². The van der Waals surface area contributed by atoms with E-state index in [1.807, 2.05) is 0 Å². The van der Waals surface area contributed by atoms with Gasteiger partial charge in [0.2, 0.25) is 0 Å². The minimum absolute atomic E-state index is 0.000257. The highest BCUT2D eigenvalue weighted by molar-refractivity contribution is 6.31.